The van der Waals surface area contributed by atoms with E-state index in [0.29, 0.717) is 18.0 Å². The van der Waals surface area contributed by atoms with E-state index in [0.717, 1.165) is 5.56 Å². The van der Waals surface area contributed by atoms with E-state index in [4.69, 9.17) is 14.0 Å². The van der Waals surface area contributed by atoms with Gasteiger partial charge in [-0.15, -0.1) is 0 Å². The van der Waals surface area contributed by atoms with Crippen LogP contribution in [0.15, 0.2) is 53.1 Å². The second-order valence-corrected chi connectivity index (χ2v) is 5.15. The van der Waals surface area contributed by atoms with Gasteiger partial charge in [-0.25, -0.2) is 0 Å². The molecule has 2 aromatic carbocycles. The number of nitro benzene ring substituents is 1. The van der Waals surface area contributed by atoms with Crippen molar-refractivity contribution in [2.75, 3.05) is 7.11 Å². The number of nitrogens with zero attached hydrogens (tertiary/aromatic N) is 3. The lowest BCUT2D eigenvalue weighted by atomic mass is 10.1. The Hall–Kier alpha value is -3.42. The minimum absolute atomic E-state index is 0.0146. The van der Waals surface area contributed by atoms with Gasteiger partial charge in [0.15, 0.2) is 23.9 Å². The van der Waals surface area contributed by atoms with E-state index in [1.807, 2.05) is 30.3 Å². The highest BCUT2D eigenvalue weighted by Gasteiger charge is 2.14. The molecule has 3 aromatic rings. The van der Waals surface area contributed by atoms with Crippen LogP contribution in [0.5, 0.6) is 11.5 Å². The predicted molar refractivity (Wildman–Crippen MR) is 87.5 cm³/mol. The Balaban J connectivity index is 1.68. The van der Waals surface area contributed by atoms with Gasteiger partial charge >= 0.3 is 0 Å². The summed E-state index contributed by atoms with van der Waals surface area (Å²) in [5, 5.41) is 14.8. The molecule has 0 saturated heterocycles. The number of rotatable bonds is 7. The van der Waals surface area contributed by atoms with Crippen molar-refractivity contribution in [3.8, 4) is 11.5 Å². The summed E-state index contributed by atoms with van der Waals surface area (Å²) in [6.45, 7) is -0.0146. The zero-order chi connectivity index (χ0) is 17.6. The van der Waals surface area contributed by atoms with E-state index in [9.17, 15) is 10.1 Å². The molecule has 0 amide bonds. The number of ether oxygens (including phenoxy) is 2. The third-order valence-corrected chi connectivity index (χ3v) is 3.42. The molecule has 0 unspecified atom stereocenters. The topological polar surface area (TPSA) is 101 Å². The average Bonchev–Trinajstić information content (AvgIpc) is 3.07. The fourth-order valence-corrected chi connectivity index (χ4v) is 2.23. The van der Waals surface area contributed by atoms with Gasteiger partial charge in [0.05, 0.1) is 18.1 Å². The minimum Gasteiger partial charge on any atom is -0.493 e. The molecule has 0 atom stereocenters. The van der Waals surface area contributed by atoms with Gasteiger partial charge in [0.1, 0.15) is 0 Å². The van der Waals surface area contributed by atoms with Gasteiger partial charge in [0.2, 0.25) is 0 Å². The van der Waals surface area contributed by atoms with Crippen LogP contribution in [0.2, 0.25) is 0 Å². The van der Waals surface area contributed by atoms with Gasteiger partial charge in [0.25, 0.3) is 11.6 Å². The van der Waals surface area contributed by atoms with Gasteiger partial charge in [0, 0.05) is 12.5 Å². The molecule has 0 aliphatic carbocycles. The zero-order valence-electron chi connectivity index (χ0n) is 13.4. The van der Waals surface area contributed by atoms with Crippen molar-refractivity contribution in [2.24, 2.45) is 0 Å². The number of hydrogen-bond acceptors (Lipinski definition) is 7. The van der Waals surface area contributed by atoms with Crippen LogP contribution in [0, 0.1) is 10.1 Å². The molecule has 0 spiro atoms. The summed E-state index contributed by atoms with van der Waals surface area (Å²) in [6.07, 6.45) is 0.546. The molecular weight excluding hydrogens is 326 g/mol. The minimum atomic E-state index is -0.503. The van der Waals surface area contributed by atoms with Crippen LogP contribution in [0.1, 0.15) is 17.3 Å². The third kappa shape index (κ3) is 4.11. The molecule has 8 nitrogen and oxygen atoms in total. The first-order valence-electron chi connectivity index (χ1n) is 7.46. The summed E-state index contributed by atoms with van der Waals surface area (Å²) >= 11 is 0. The van der Waals surface area contributed by atoms with Crippen LogP contribution >= 0.6 is 0 Å². The predicted octanol–water partition coefficient (Wildman–Crippen LogP) is 3.16. The number of aromatic nitrogens is 2. The van der Waals surface area contributed by atoms with Gasteiger partial charge in [-0.1, -0.05) is 35.5 Å². The van der Waals surface area contributed by atoms with Crippen LogP contribution in [0.3, 0.4) is 0 Å². The largest absolute Gasteiger partial charge is 0.493 e. The monoisotopic (exact) mass is 341 g/mol. The van der Waals surface area contributed by atoms with Crippen LogP contribution in [-0.2, 0) is 13.0 Å². The SMILES string of the molecule is COc1ccc([N+](=O)[O-])cc1OCc1nc(Cc2ccccc2)no1. The molecular formula is C17H15N3O5. The van der Waals surface area contributed by atoms with Crippen molar-refractivity contribution in [1.29, 1.82) is 0 Å². The molecule has 0 aliphatic heterocycles. The zero-order valence-corrected chi connectivity index (χ0v) is 13.4. The quantitative estimate of drug-likeness (QED) is 0.480. The van der Waals surface area contributed by atoms with E-state index in [-0.39, 0.29) is 23.9 Å². The molecule has 0 N–H and O–H groups in total. The van der Waals surface area contributed by atoms with E-state index < -0.39 is 4.92 Å². The molecule has 0 bridgehead atoms. The van der Waals surface area contributed by atoms with Crippen molar-refractivity contribution in [1.82, 2.24) is 10.1 Å². The van der Waals surface area contributed by atoms with Crippen molar-refractivity contribution in [3.05, 3.63) is 75.9 Å². The second kappa shape index (κ2) is 7.43. The lowest BCUT2D eigenvalue weighted by molar-refractivity contribution is -0.385. The maximum Gasteiger partial charge on any atom is 0.273 e. The summed E-state index contributed by atoms with van der Waals surface area (Å²) in [7, 11) is 1.46. The number of nitro groups is 1. The number of non-ortho nitro benzene ring substituents is 1. The van der Waals surface area contributed by atoms with E-state index >= 15 is 0 Å². The highest BCUT2D eigenvalue weighted by Crippen LogP contribution is 2.31. The maximum atomic E-state index is 10.9. The molecule has 128 valence electrons. The highest BCUT2D eigenvalue weighted by molar-refractivity contribution is 5.48. The van der Waals surface area contributed by atoms with Gasteiger partial charge < -0.3 is 14.0 Å². The fraction of sp³-hybridized carbons (Fsp3) is 0.176. The van der Waals surface area contributed by atoms with Crippen LogP contribution in [0.4, 0.5) is 5.69 Å². The standard InChI is InChI=1S/C17H15N3O5/c1-23-14-8-7-13(20(21)22)10-15(14)24-11-17-18-16(19-25-17)9-12-5-3-2-4-6-12/h2-8,10H,9,11H2,1H3. The third-order valence-electron chi connectivity index (χ3n) is 3.42. The van der Waals surface area contributed by atoms with E-state index in [2.05, 4.69) is 10.1 Å². The lowest BCUT2D eigenvalue weighted by Crippen LogP contribution is -1.99. The van der Waals surface area contributed by atoms with E-state index in [1.54, 1.807) is 0 Å². The molecule has 8 heteroatoms. The highest BCUT2D eigenvalue weighted by atomic mass is 16.6. The first-order valence-corrected chi connectivity index (χ1v) is 7.46. The Morgan fingerprint density at radius 3 is 2.68 bits per heavy atom. The molecule has 1 aromatic heterocycles. The molecule has 0 radical (unpaired) electrons. The van der Waals surface area contributed by atoms with Crippen molar-refractivity contribution in [2.45, 2.75) is 13.0 Å². The smallest absolute Gasteiger partial charge is 0.273 e. The van der Waals surface area contributed by atoms with Gasteiger partial charge in [-0.05, 0) is 11.6 Å². The second-order valence-electron chi connectivity index (χ2n) is 5.15. The number of benzene rings is 2. The van der Waals surface area contributed by atoms with Crippen LogP contribution in [0.25, 0.3) is 0 Å². The summed E-state index contributed by atoms with van der Waals surface area (Å²) in [6, 6.07) is 13.9. The average molecular weight is 341 g/mol. The van der Waals surface area contributed by atoms with Crippen molar-refractivity contribution < 1.29 is 18.9 Å². The van der Waals surface area contributed by atoms with Gasteiger partial charge in [-0.3, -0.25) is 10.1 Å². The first-order chi connectivity index (χ1) is 12.2. The maximum absolute atomic E-state index is 10.9. The summed E-state index contributed by atoms with van der Waals surface area (Å²) in [5.41, 5.74) is 0.974. The Morgan fingerprint density at radius 1 is 1.16 bits per heavy atom. The molecule has 0 saturated carbocycles. The Labute approximate surface area is 143 Å². The molecule has 0 fully saturated rings. The molecule has 3 rings (SSSR count). The summed E-state index contributed by atoms with van der Waals surface area (Å²) < 4.78 is 15.8. The van der Waals surface area contributed by atoms with E-state index in [1.165, 1.54) is 25.3 Å². The molecule has 1 heterocycles. The fourth-order valence-electron chi connectivity index (χ4n) is 2.23. The first kappa shape index (κ1) is 16.4. The van der Waals surface area contributed by atoms with Crippen LogP contribution in [-0.4, -0.2) is 22.2 Å². The molecule has 25 heavy (non-hydrogen) atoms. The Bertz CT molecular complexity index is 864. The van der Waals surface area contributed by atoms with Crippen molar-refractivity contribution in [3.63, 3.8) is 0 Å². The summed E-state index contributed by atoms with van der Waals surface area (Å²) in [5.74, 6) is 1.43. The van der Waals surface area contributed by atoms with Gasteiger partial charge in [-0.2, -0.15) is 4.98 Å². The summed E-state index contributed by atoms with van der Waals surface area (Å²) in [4.78, 5) is 14.6. The van der Waals surface area contributed by atoms with Crippen molar-refractivity contribution >= 4 is 5.69 Å². The lowest BCUT2D eigenvalue weighted by Gasteiger charge is -2.08. The Kier molecular flexibility index (Phi) is 4.89. The Morgan fingerprint density at radius 2 is 1.96 bits per heavy atom. The van der Waals surface area contributed by atoms with Crippen LogP contribution < -0.4 is 9.47 Å². The number of methoxy groups -OCH3 is 1. The molecule has 0 aliphatic rings. The number of hydrogen-bond donors (Lipinski definition) is 0. The normalized spacial score (nSPS) is 10.4.